The monoisotopic (exact) mass is 454 g/mol. The standard InChI is InChI=1S/C27H29ClN2O2.Li/c1-29(2)26(25-6-4-3-5-24(25)19-7-11-22(28)12-8-19)20-15-17-30(18-16-20)23-13-9-21(10-14-23)27(31)32;/h3-14,20,26H,15-18H2,1-2H3,(H,31,32);/q;+1/p-1/t26-;/m1./s1. The van der Waals surface area contributed by atoms with Gasteiger partial charge in [-0.1, -0.05) is 60.1 Å². The summed E-state index contributed by atoms with van der Waals surface area (Å²) in [6, 6.07) is 24.1. The maximum absolute atomic E-state index is 11.0. The van der Waals surface area contributed by atoms with Crippen molar-refractivity contribution in [3.8, 4) is 11.1 Å². The van der Waals surface area contributed by atoms with Crippen molar-refractivity contribution in [3.05, 3.63) is 88.9 Å². The zero-order valence-corrected chi connectivity index (χ0v) is 20.3. The van der Waals surface area contributed by atoms with E-state index in [1.54, 1.807) is 12.1 Å². The molecule has 0 aromatic heterocycles. The quantitative estimate of drug-likeness (QED) is 0.534. The molecule has 0 amide bonds. The van der Waals surface area contributed by atoms with Crippen LogP contribution < -0.4 is 28.9 Å². The van der Waals surface area contributed by atoms with E-state index in [1.165, 1.54) is 16.7 Å². The van der Waals surface area contributed by atoms with Gasteiger partial charge in [-0.25, -0.2) is 0 Å². The number of carboxylic acid groups (broad SMARTS) is 1. The van der Waals surface area contributed by atoms with Crippen molar-refractivity contribution >= 4 is 23.3 Å². The van der Waals surface area contributed by atoms with E-state index in [1.807, 2.05) is 24.3 Å². The summed E-state index contributed by atoms with van der Waals surface area (Å²) in [6.45, 7) is 1.89. The first-order valence-corrected chi connectivity index (χ1v) is 11.4. The molecule has 0 N–H and O–H groups in total. The van der Waals surface area contributed by atoms with Gasteiger partial charge in [0.1, 0.15) is 0 Å². The number of piperidine rings is 1. The van der Waals surface area contributed by atoms with Crippen molar-refractivity contribution in [2.24, 2.45) is 5.92 Å². The summed E-state index contributed by atoms with van der Waals surface area (Å²) in [7, 11) is 4.32. The third-order valence-corrected chi connectivity index (χ3v) is 6.70. The molecular formula is C27H28ClLiN2O2. The largest absolute Gasteiger partial charge is 1.00 e. The fourth-order valence-corrected chi connectivity index (χ4v) is 5.01. The number of hydrogen-bond acceptors (Lipinski definition) is 4. The first kappa shape index (κ1) is 25.4. The van der Waals surface area contributed by atoms with E-state index in [0.717, 1.165) is 36.6 Å². The molecule has 1 atom stereocenters. The van der Waals surface area contributed by atoms with Crippen LogP contribution in [-0.2, 0) is 0 Å². The number of carbonyl (C=O) groups is 1. The number of aromatic carboxylic acids is 1. The van der Waals surface area contributed by atoms with Gasteiger partial charge < -0.3 is 19.7 Å². The summed E-state index contributed by atoms with van der Waals surface area (Å²) >= 11 is 6.12. The van der Waals surface area contributed by atoms with E-state index in [4.69, 9.17) is 11.6 Å². The second-order valence-electron chi connectivity index (χ2n) is 8.66. The predicted molar refractivity (Wildman–Crippen MR) is 129 cm³/mol. The molecule has 6 heteroatoms. The third kappa shape index (κ3) is 5.83. The molecule has 1 heterocycles. The molecule has 0 bridgehead atoms. The number of anilines is 1. The molecule has 3 aromatic rings. The molecule has 0 radical (unpaired) electrons. The number of nitrogens with zero attached hydrogens (tertiary/aromatic N) is 2. The summed E-state index contributed by atoms with van der Waals surface area (Å²) in [5.41, 5.74) is 5.06. The van der Waals surface area contributed by atoms with Gasteiger partial charge in [-0.15, -0.1) is 0 Å². The van der Waals surface area contributed by atoms with Crippen molar-refractivity contribution < 1.29 is 28.8 Å². The predicted octanol–water partition coefficient (Wildman–Crippen LogP) is 1.89. The molecule has 1 aliphatic heterocycles. The van der Waals surface area contributed by atoms with Gasteiger partial charge in [0.15, 0.2) is 0 Å². The smallest absolute Gasteiger partial charge is 0.545 e. The molecule has 0 unspecified atom stereocenters. The number of halogens is 1. The van der Waals surface area contributed by atoms with Gasteiger partial charge in [-0.2, -0.15) is 0 Å². The molecule has 1 saturated heterocycles. The molecule has 3 aromatic carbocycles. The van der Waals surface area contributed by atoms with Crippen molar-refractivity contribution in [3.63, 3.8) is 0 Å². The van der Waals surface area contributed by atoms with Crippen LogP contribution in [0.2, 0.25) is 5.02 Å². The molecule has 0 saturated carbocycles. The zero-order valence-electron chi connectivity index (χ0n) is 19.5. The Kier molecular flexibility index (Phi) is 8.67. The van der Waals surface area contributed by atoms with Crippen molar-refractivity contribution in [1.29, 1.82) is 0 Å². The molecule has 166 valence electrons. The van der Waals surface area contributed by atoms with Crippen LogP contribution in [0.4, 0.5) is 5.69 Å². The van der Waals surface area contributed by atoms with Crippen LogP contribution in [-0.4, -0.2) is 38.1 Å². The Morgan fingerprint density at radius 2 is 1.58 bits per heavy atom. The first-order valence-electron chi connectivity index (χ1n) is 11.0. The van der Waals surface area contributed by atoms with Gasteiger partial charge in [-0.3, -0.25) is 0 Å². The van der Waals surface area contributed by atoms with Crippen LogP contribution in [0, 0.1) is 5.92 Å². The minimum atomic E-state index is -1.14. The number of rotatable bonds is 6. The minimum absolute atomic E-state index is 0. The van der Waals surface area contributed by atoms with Crippen LogP contribution in [0.3, 0.4) is 0 Å². The van der Waals surface area contributed by atoms with Crippen LogP contribution in [0.25, 0.3) is 11.1 Å². The van der Waals surface area contributed by atoms with Crippen molar-refractivity contribution in [1.82, 2.24) is 4.90 Å². The number of carbonyl (C=O) groups excluding carboxylic acids is 1. The molecule has 4 rings (SSSR count). The fraction of sp³-hybridized carbons (Fsp3) is 0.296. The van der Waals surface area contributed by atoms with E-state index >= 15 is 0 Å². The van der Waals surface area contributed by atoms with Crippen LogP contribution >= 0.6 is 11.6 Å². The molecule has 1 aliphatic rings. The summed E-state index contributed by atoms with van der Waals surface area (Å²) in [4.78, 5) is 15.7. The summed E-state index contributed by atoms with van der Waals surface area (Å²) in [5.74, 6) is -0.611. The van der Waals surface area contributed by atoms with Gasteiger partial charge in [0.25, 0.3) is 0 Å². The van der Waals surface area contributed by atoms with Gasteiger partial charge in [0.05, 0.1) is 5.97 Å². The Morgan fingerprint density at radius 1 is 0.970 bits per heavy atom. The Morgan fingerprint density at radius 3 is 2.15 bits per heavy atom. The second kappa shape index (κ2) is 11.3. The van der Waals surface area contributed by atoms with Gasteiger partial charge in [0, 0.05) is 29.8 Å². The Hall–Kier alpha value is -2.22. The summed E-state index contributed by atoms with van der Waals surface area (Å²) < 4.78 is 0. The summed E-state index contributed by atoms with van der Waals surface area (Å²) in [5, 5.41) is 11.8. The second-order valence-corrected chi connectivity index (χ2v) is 9.10. The average molecular weight is 455 g/mol. The van der Waals surface area contributed by atoms with Gasteiger partial charge in [-0.05, 0) is 79.4 Å². The normalized spacial score (nSPS) is 15.2. The molecule has 33 heavy (non-hydrogen) atoms. The minimum Gasteiger partial charge on any atom is -0.545 e. The van der Waals surface area contributed by atoms with E-state index < -0.39 is 5.97 Å². The Labute approximate surface area is 213 Å². The molecule has 1 fully saturated rings. The van der Waals surface area contributed by atoms with Gasteiger partial charge in [0.2, 0.25) is 0 Å². The topological polar surface area (TPSA) is 46.6 Å². The Bertz CT molecular complexity index is 1060. The Balaban J connectivity index is 0.00000306. The van der Waals surface area contributed by atoms with E-state index in [2.05, 4.69) is 60.3 Å². The molecular weight excluding hydrogens is 427 g/mol. The van der Waals surface area contributed by atoms with Gasteiger partial charge >= 0.3 is 18.9 Å². The van der Waals surface area contributed by atoms with Crippen LogP contribution in [0.1, 0.15) is 34.8 Å². The fourth-order valence-electron chi connectivity index (χ4n) is 4.88. The number of hydrogen-bond donors (Lipinski definition) is 0. The molecule has 0 spiro atoms. The van der Waals surface area contributed by atoms with Crippen molar-refractivity contribution in [2.75, 3.05) is 32.1 Å². The molecule has 4 nitrogen and oxygen atoms in total. The van der Waals surface area contributed by atoms with Crippen LogP contribution in [0.5, 0.6) is 0 Å². The number of benzene rings is 3. The SMILES string of the molecule is CN(C)[C@@H](c1ccccc1-c1ccc(Cl)cc1)C1CCN(c2ccc(C(=O)[O-])cc2)CC1.[Li+]. The van der Waals surface area contributed by atoms with Crippen molar-refractivity contribution in [2.45, 2.75) is 18.9 Å². The maximum atomic E-state index is 11.0. The zero-order chi connectivity index (χ0) is 22.7. The molecule has 0 aliphatic carbocycles. The van der Waals surface area contributed by atoms with E-state index in [0.29, 0.717) is 12.0 Å². The average Bonchev–Trinajstić information content (AvgIpc) is 2.80. The maximum Gasteiger partial charge on any atom is 1.00 e. The van der Waals surface area contributed by atoms with E-state index in [-0.39, 0.29) is 24.4 Å². The third-order valence-electron chi connectivity index (χ3n) is 6.45. The van der Waals surface area contributed by atoms with E-state index in [9.17, 15) is 9.90 Å². The van der Waals surface area contributed by atoms with Crippen LogP contribution in [0.15, 0.2) is 72.8 Å². The first-order chi connectivity index (χ1) is 15.4. The summed E-state index contributed by atoms with van der Waals surface area (Å²) in [6.07, 6.45) is 2.14. The number of carboxylic acids is 1.